The van der Waals surface area contributed by atoms with Gasteiger partial charge in [-0.05, 0) is 40.7 Å². The van der Waals surface area contributed by atoms with Crippen LogP contribution in [0.25, 0.3) is 28.3 Å². The summed E-state index contributed by atoms with van der Waals surface area (Å²) in [5.74, 6) is 1.27. The third kappa shape index (κ3) is 6.55. The Bertz CT molecular complexity index is 1170. The van der Waals surface area contributed by atoms with Crippen molar-refractivity contribution in [3.63, 3.8) is 0 Å². The van der Waals surface area contributed by atoms with Gasteiger partial charge in [0.2, 0.25) is 0 Å². The molecule has 0 N–H and O–H groups in total. The van der Waals surface area contributed by atoms with Gasteiger partial charge in [-0.25, -0.2) is 19.3 Å². The highest BCUT2D eigenvalue weighted by Crippen LogP contribution is 2.27. The van der Waals surface area contributed by atoms with E-state index in [1.165, 1.54) is 17.7 Å². The number of allylic oxidation sites excluding steroid dienone is 5. The molecule has 3 aromatic rings. The Morgan fingerprint density at radius 3 is 1.76 bits per heavy atom. The monoisotopic (exact) mass is 441 g/mol. The molecule has 3 rings (SSSR count). The fraction of sp³-hybridized carbons (Fsp3) is 0.276. The molecule has 0 saturated carbocycles. The Hall–Kier alpha value is -3.40. The molecule has 0 fully saturated rings. The molecule has 170 valence electrons. The molecule has 0 atom stereocenters. The van der Waals surface area contributed by atoms with Crippen molar-refractivity contribution < 1.29 is 4.39 Å². The first kappa shape index (κ1) is 24.2. The minimum atomic E-state index is -0.301. The SMILES string of the molecule is C=CC(=CC=CC(C)(C)C)c1nc(-c2ccc(F)cc2)nc(-c2ccc(C(C)(C)C)cc2)n1. The van der Waals surface area contributed by atoms with E-state index in [1.54, 1.807) is 18.2 Å². The fourth-order valence-electron chi connectivity index (χ4n) is 3.16. The fourth-order valence-corrected chi connectivity index (χ4v) is 3.16. The van der Waals surface area contributed by atoms with E-state index in [-0.39, 0.29) is 16.6 Å². The third-order valence-electron chi connectivity index (χ3n) is 5.10. The molecule has 0 spiro atoms. The van der Waals surface area contributed by atoms with Crippen LogP contribution in [0.2, 0.25) is 0 Å². The highest BCUT2D eigenvalue weighted by Gasteiger charge is 2.16. The lowest BCUT2D eigenvalue weighted by Gasteiger charge is -2.19. The molecule has 0 aliphatic heterocycles. The summed E-state index contributed by atoms with van der Waals surface area (Å²) in [6.45, 7) is 16.9. The Morgan fingerprint density at radius 1 is 0.788 bits per heavy atom. The average Bonchev–Trinajstić information content (AvgIpc) is 2.76. The minimum absolute atomic E-state index is 0.0558. The van der Waals surface area contributed by atoms with Crippen LogP contribution in [-0.2, 0) is 5.41 Å². The van der Waals surface area contributed by atoms with Crippen molar-refractivity contribution >= 4 is 5.57 Å². The molecule has 33 heavy (non-hydrogen) atoms. The summed E-state index contributed by atoms with van der Waals surface area (Å²) in [6, 6.07) is 14.4. The lowest BCUT2D eigenvalue weighted by Crippen LogP contribution is -2.10. The molecule has 4 heteroatoms. The zero-order valence-electron chi connectivity index (χ0n) is 20.4. The molecule has 1 aromatic heterocycles. The number of benzene rings is 2. The molecule has 0 aliphatic carbocycles. The van der Waals surface area contributed by atoms with Gasteiger partial charge in [0.15, 0.2) is 17.5 Å². The van der Waals surface area contributed by atoms with E-state index in [2.05, 4.69) is 71.3 Å². The Kier molecular flexibility index (Phi) is 7.06. The van der Waals surface area contributed by atoms with E-state index in [0.29, 0.717) is 17.5 Å². The zero-order valence-corrected chi connectivity index (χ0v) is 20.4. The zero-order chi connectivity index (χ0) is 24.2. The standard InChI is InChI=1S/C29H32FN3/c1-8-20(10-9-19-28(2,3)4)25-31-26(21-11-15-23(16-12-21)29(5,6)7)33-27(32-25)22-13-17-24(30)18-14-22/h8-19H,1H2,2-7H3. The summed E-state index contributed by atoms with van der Waals surface area (Å²) < 4.78 is 13.5. The second-order valence-corrected chi connectivity index (χ2v) is 10.2. The van der Waals surface area contributed by atoms with E-state index in [4.69, 9.17) is 9.97 Å². The Labute approximate surface area is 196 Å². The first-order chi connectivity index (χ1) is 15.5. The van der Waals surface area contributed by atoms with Crippen molar-refractivity contribution in [2.45, 2.75) is 47.0 Å². The van der Waals surface area contributed by atoms with Crippen LogP contribution in [0.3, 0.4) is 0 Å². The maximum absolute atomic E-state index is 13.5. The summed E-state index contributed by atoms with van der Waals surface area (Å²) in [5.41, 5.74) is 3.75. The molecule has 0 saturated heterocycles. The second kappa shape index (κ2) is 9.62. The van der Waals surface area contributed by atoms with Gasteiger partial charge in [-0.2, -0.15) is 0 Å². The molecule has 0 bridgehead atoms. The van der Waals surface area contributed by atoms with Gasteiger partial charge >= 0.3 is 0 Å². The van der Waals surface area contributed by atoms with Crippen molar-refractivity contribution in [3.8, 4) is 22.8 Å². The van der Waals surface area contributed by atoms with Crippen LogP contribution in [0.15, 0.2) is 79.4 Å². The number of hydrogen-bond acceptors (Lipinski definition) is 3. The maximum atomic E-state index is 13.5. The quantitative estimate of drug-likeness (QED) is 0.379. The van der Waals surface area contributed by atoms with E-state index < -0.39 is 0 Å². The first-order valence-corrected chi connectivity index (χ1v) is 11.1. The highest BCUT2D eigenvalue weighted by molar-refractivity contribution is 5.73. The normalized spacial score (nSPS) is 12.9. The molecule has 0 amide bonds. The van der Waals surface area contributed by atoms with Gasteiger partial charge in [0.25, 0.3) is 0 Å². The molecular weight excluding hydrogens is 409 g/mol. The van der Waals surface area contributed by atoms with Crippen LogP contribution in [0.4, 0.5) is 4.39 Å². The molecule has 3 nitrogen and oxygen atoms in total. The van der Waals surface area contributed by atoms with Gasteiger partial charge in [-0.3, -0.25) is 0 Å². The van der Waals surface area contributed by atoms with Crippen LogP contribution in [0.5, 0.6) is 0 Å². The number of aromatic nitrogens is 3. The summed E-state index contributed by atoms with van der Waals surface area (Å²) in [4.78, 5) is 14.1. The molecular formula is C29H32FN3. The minimum Gasteiger partial charge on any atom is -0.208 e. The van der Waals surface area contributed by atoms with Crippen LogP contribution in [0, 0.1) is 11.2 Å². The van der Waals surface area contributed by atoms with Gasteiger partial charge in [0.05, 0.1) is 0 Å². The van der Waals surface area contributed by atoms with E-state index in [0.717, 1.165) is 16.7 Å². The number of nitrogens with zero attached hydrogens (tertiary/aromatic N) is 3. The number of hydrogen-bond donors (Lipinski definition) is 0. The predicted octanol–water partition coefficient (Wildman–Crippen LogP) is 7.81. The van der Waals surface area contributed by atoms with E-state index in [1.807, 2.05) is 24.3 Å². The third-order valence-corrected chi connectivity index (χ3v) is 5.10. The van der Waals surface area contributed by atoms with Crippen LogP contribution < -0.4 is 0 Å². The van der Waals surface area contributed by atoms with Crippen molar-refractivity contribution in [2.75, 3.05) is 0 Å². The molecule has 2 aromatic carbocycles. The molecule has 0 unspecified atom stereocenters. The van der Waals surface area contributed by atoms with Gasteiger partial charge in [0.1, 0.15) is 5.82 Å². The van der Waals surface area contributed by atoms with E-state index in [9.17, 15) is 4.39 Å². The Balaban J connectivity index is 2.14. The largest absolute Gasteiger partial charge is 0.208 e. The molecule has 0 aliphatic rings. The van der Waals surface area contributed by atoms with Gasteiger partial charge in [-0.15, -0.1) is 0 Å². The van der Waals surface area contributed by atoms with Crippen LogP contribution >= 0.6 is 0 Å². The Morgan fingerprint density at radius 2 is 1.30 bits per heavy atom. The van der Waals surface area contributed by atoms with Crippen LogP contribution in [0.1, 0.15) is 52.9 Å². The number of rotatable bonds is 5. The average molecular weight is 442 g/mol. The first-order valence-electron chi connectivity index (χ1n) is 11.1. The summed E-state index contributed by atoms with van der Waals surface area (Å²) in [5, 5.41) is 0. The van der Waals surface area contributed by atoms with E-state index >= 15 is 0 Å². The smallest absolute Gasteiger partial charge is 0.164 e. The topological polar surface area (TPSA) is 38.7 Å². The molecule has 1 heterocycles. The van der Waals surface area contributed by atoms with Crippen molar-refractivity contribution in [3.05, 3.63) is 96.6 Å². The van der Waals surface area contributed by atoms with Crippen molar-refractivity contribution in [1.29, 1.82) is 0 Å². The maximum Gasteiger partial charge on any atom is 0.164 e. The predicted molar refractivity (Wildman–Crippen MR) is 136 cm³/mol. The lowest BCUT2D eigenvalue weighted by molar-refractivity contribution is 0.544. The van der Waals surface area contributed by atoms with Gasteiger partial charge < -0.3 is 0 Å². The highest BCUT2D eigenvalue weighted by atomic mass is 19.1. The summed E-state index contributed by atoms with van der Waals surface area (Å²) in [7, 11) is 0. The van der Waals surface area contributed by atoms with Crippen molar-refractivity contribution in [2.24, 2.45) is 5.41 Å². The summed E-state index contributed by atoms with van der Waals surface area (Å²) in [6.07, 6.45) is 7.80. The lowest BCUT2D eigenvalue weighted by atomic mass is 9.87. The number of halogens is 1. The van der Waals surface area contributed by atoms with Gasteiger partial charge in [-0.1, -0.05) is 96.7 Å². The molecule has 0 radical (unpaired) electrons. The van der Waals surface area contributed by atoms with Crippen molar-refractivity contribution in [1.82, 2.24) is 15.0 Å². The van der Waals surface area contributed by atoms with Crippen LogP contribution in [-0.4, -0.2) is 15.0 Å². The summed E-state index contributed by atoms with van der Waals surface area (Å²) >= 11 is 0. The van der Waals surface area contributed by atoms with Gasteiger partial charge in [0, 0.05) is 16.7 Å². The second-order valence-electron chi connectivity index (χ2n) is 10.2.